The average molecular weight is 247 g/mol. The molecule has 0 radical (unpaired) electrons. The lowest BCUT2D eigenvalue weighted by Crippen LogP contribution is -2.60. The van der Waals surface area contributed by atoms with Crippen LogP contribution in [-0.4, -0.2) is 62.6 Å². The molecule has 2 N–H and O–H groups in total. The number of hydrogen-bond acceptors (Lipinski definition) is 4. The van der Waals surface area contributed by atoms with Crippen molar-refractivity contribution in [2.75, 3.05) is 31.1 Å². The first kappa shape index (κ1) is 11.7. The van der Waals surface area contributed by atoms with Crippen molar-refractivity contribution in [2.24, 2.45) is 0 Å². The lowest BCUT2D eigenvalue weighted by atomic mass is 10.1. The van der Waals surface area contributed by atoms with Crippen molar-refractivity contribution in [1.29, 1.82) is 0 Å². The standard InChI is InChI=1S/C9H17N3O3S/c1-2-10-9(13)12-4-3-11-7-5-16(14,15)6-8(7)12/h7-8,11H,2-6H2,1H3,(H,10,13)/t7-,8+/m1/s1. The molecule has 2 aliphatic rings. The molecule has 2 fully saturated rings. The van der Waals surface area contributed by atoms with E-state index < -0.39 is 9.84 Å². The first-order valence-corrected chi connectivity index (χ1v) is 7.34. The molecule has 0 aromatic carbocycles. The molecule has 6 nitrogen and oxygen atoms in total. The Morgan fingerprint density at radius 2 is 2.25 bits per heavy atom. The molecule has 2 saturated heterocycles. The summed E-state index contributed by atoms with van der Waals surface area (Å²) in [6, 6.07) is -0.456. The number of urea groups is 1. The molecule has 2 heterocycles. The highest BCUT2D eigenvalue weighted by molar-refractivity contribution is 7.91. The number of amides is 2. The first-order valence-electron chi connectivity index (χ1n) is 5.52. The molecule has 0 aliphatic carbocycles. The highest BCUT2D eigenvalue weighted by Gasteiger charge is 2.44. The Balaban J connectivity index is 2.13. The second kappa shape index (κ2) is 4.21. The van der Waals surface area contributed by atoms with Crippen molar-refractivity contribution in [2.45, 2.75) is 19.0 Å². The number of sulfone groups is 1. The van der Waals surface area contributed by atoms with Crippen LogP contribution in [0, 0.1) is 0 Å². The molecule has 0 saturated carbocycles. The molecule has 2 rings (SSSR count). The van der Waals surface area contributed by atoms with Crippen molar-refractivity contribution in [3.8, 4) is 0 Å². The summed E-state index contributed by atoms with van der Waals surface area (Å²) in [6.45, 7) is 3.65. The van der Waals surface area contributed by atoms with E-state index in [-0.39, 0.29) is 29.6 Å². The summed E-state index contributed by atoms with van der Waals surface area (Å²) in [5.41, 5.74) is 0. The van der Waals surface area contributed by atoms with E-state index in [9.17, 15) is 13.2 Å². The first-order chi connectivity index (χ1) is 7.53. The van der Waals surface area contributed by atoms with E-state index in [4.69, 9.17) is 0 Å². The summed E-state index contributed by atoms with van der Waals surface area (Å²) < 4.78 is 23.0. The smallest absolute Gasteiger partial charge is 0.317 e. The van der Waals surface area contributed by atoms with Crippen LogP contribution in [0.25, 0.3) is 0 Å². The average Bonchev–Trinajstić information content (AvgIpc) is 2.51. The van der Waals surface area contributed by atoms with Gasteiger partial charge in [0, 0.05) is 25.7 Å². The molecule has 7 heteroatoms. The molecule has 0 spiro atoms. The van der Waals surface area contributed by atoms with Crippen LogP contribution in [0.3, 0.4) is 0 Å². The van der Waals surface area contributed by atoms with Crippen LogP contribution in [0.15, 0.2) is 0 Å². The molecule has 0 unspecified atom stereocenters. The predicted octanol–water partition coefficient (Wildman–Crippen LogP) is -1.21. The lowest BCUT2D eigenvalue weighted by Gasteiger charge is -2.37. The zero-order valence-corrected chi connectivity index (χ0v) is 10.1. The zero-order chi connectivity index (χ0) is 11.8. The van der Waals surface area contributed by atoms with E-state index in [0.717, 1.165) is 0 Å². The third-order valence-corrected chi connectivity index (χ3v) is 4.79. The van der Waals surface area contributed by atoms with Gasteiger partial charge < -0.3 is 15.5 Å². The van der Waals surface area contributed by atoms with Crippen molar-refractivity contribution >= 4 is 15.9 Å². The Morgan fingerprint density at radius 3 is 2.94 bits per heavy atom. The Labute approximate surface area is 95.3 Å². The van der Waals surface area contributed by atoms with Crippen molar-refractivity contribution < 1.29 is 13.2 Å². The second-order valence-electron chi connectivity index (χ2n) is 4.23. The van der Waals surface area contributed by atoms with Gasteiger partial charge in [0.1, 0.15) is 0 Å². The maximum Gasteiger partial charge on any atom is 0.317 e. The topological polar surface area (TPSA) is 78.5 Å². The van der Waals surface area contributed by atoms with E-state index in [1.54, 1.807) is 4.90 Å². The maximum absolute atomic E-state index is 11.7. The minimum Gasteiger partial charge on any atom is -0.338 e. The summed E-state index contributed by atoms with van der Waals surface area (Å²) in [7, 11) is -2.99. The van der Waals surface area contributed by atoms with E-state index in [1.807, 2.05) is 6.92 Å². The van der Waals surface area contributed by atoms with Crippen LogP contribution < -0.4 is 10.6 Å². The van der Waals surface area contributed by atoms with Crippen molar-refractivity contribution in [3.63, 3.8) is 0 Å². The molecule has 2 amide bonds. The predicted molar refractivity (Wildman–Crippen MR) is 60.0 cm³/mol. The van der Waals surface area contributed by atoms with Crippen LogP contribution in [0.5, 0.6) is 0 Å². The third-order valence-electron chi connectivity index (χ3n) is 3.07. The summed E-state index contributed by atoms with van der Waals surface area (Å²) in [4.78, 5) is 13.4. The van der Waals surface area contributed by atoms with Gasteiger partial charge in [-0.25, -0.2) is 13.2 Å². The van der Waals surface area contributed by atoms with Crippen LogP contribution >= 0.6 is 0 Å². The summed E-state index contributed by atoms with van der Waals surface area (Å²) in [5, 5.41) is 5.88. The fourth-order valence-corrected chi connectivity index (χ4v) is 4.33. The van der Waals surface area contributed by atoms with Gasteiger partial charge in [0.05, 0.1) is 17.5 Å². The van der Waals surface area contributed by atoms with Crippen LogP contribution in [-0.2, 0) is 9.84 Å². The minimum atomic E-state index is -2.99. The number of carbonyl (C=O) groups excluding carboxylic acids is 1. The number of fused-ring (bicyclic) bond motifs is 1. The van der Waals surface area contributed by atoms with E-state index in [2.05, 4.69) is 10.6 Å². The van der Waals surface area contributed by atoms with Gasteiger partial charge in [-0.2, -0.15) is 0 Å². The van der Waals surface area contributed by atoms with Gasteiger partial charge in [-0.1, -0.05) is 0 Å². The third kappa shape index (κ3) is 2.15. The number of piperazine rings is 1. The number of rotatable bonds is 1. The maximum atomic E-state index is 11.7. The van der Waals surface area contributed by atoms with Crippen LogP contribution in [0.2, 0.25) is 0 Å². The minimum absolute atomic E-state index is 0.0851. The monoisotopic (exact) mass is 247 g/mol. The lowest BCUT2D eigenvalue weighted by molar-refractivity contribution is 0.152. The van der Waals surface area contributed by atoms with Gasteiger partial charge in [0.25, 0.3) is 0 Å². The quantitative estimate of drug-likeness (QED) is 0.609. The molecule has 0 aromatic heterocycles. The number of nitrogens with one attached hydrogen (secondary N) is 2. The van der Waals surface area contributed by atoms with Gasteiger partial charge in [-0.05, 0) is 6.92 Å². The highest BCUT2D eigenvalue weighted by atomic mass is 32.2. The SMILES string of the molecule is CCNC(=O)N1CCN[C@@H]2CS(=O)(=O)C[C@@H]21. The van der Waals surface area contributed by atoms with E-state index in [1.165, 1.54) is 0 Å². The summed E-state index contributed by atoms with van der Waals surface area (Å²) in [5.74, 6) is 0.232. The normalized spacial score (nSPS) is 32.2. The van der Waals surface area contributed by atoms with Gasteiger partial charge >= 0.3 is 6.03 Å². The molecule has 0 aromatic rings. The van der Waals surface area contributed by atoms with Crippen molar-refractivity contribution in [1.82, 2.24) is 15.5 Å². The number of nitrogens with zero attached hydrogens (tertiary/aromatic N) is 1. The second-order valence-corrected chi connectivity index (χ2v) is 6.39. The van der Waals surface area contributed by atoms with Gasteiger partial charge in [-0.15, -0.1) is 0 Å². The molecule has 92 valence electrons. The molecule has 2 aliphatic heterocycles. The molecule has 16 heavy (non-hydrogen) atoms. The van der Waals surface area contributed by atoms with Gasteiger partial charge in [-0.3, -0.25) is 0 Å². The highest BCUT2D eigenvalue weighted by Crippen LogP contribution is 2.21. The molecule has 0 bridgehead atoms. The van der Waals surface area contributed by atoms with Crippen LogP contribution in [0.4, 0.5) is 4.79 Å². The molecular weight excluding hydrogens is 230 g/mol. The van der Waals surface area contributed by atoms with E-state index >= 15 is 0 Å². The fourth-order valence-electron chi connectivity index (χ4n) is 2.37. The van der Waals surface area contributed by atoms with E-state index in [0.29, 0.717) is 19.6 Å². The van der Waals surface area contributed by atoms with Gasteiger partial charge in [0.2, 0.25) is 0 Å². The molecule has 2 atom stereocenters. The summed E-state index contributed by atoms with van der Waals surface area (Å²) in [6.07, 6.45) is 0. The number of hydrogen-bond donors (Lipinski definition) is 2. The summed E-state index contributed by atoms with van der Waals surface area (Å²) >= 11 is 0. The van der Waals surface area contributed by atoms with Crippen molar-refractivity contribution in [3.05, 3.63) is 0 Å². The molecular formula is C9H17N3O3S. The Morgan fingerprint density at radius 1 is 1.50 bits per heavy atom. The fraction of sp³-hybridized carbons (Fsp3) is 0.889. The van der Waals surface area contributed by atoms with Gasteiger partial charge in [0.15, 0.2) is 9.84 Å². The Bertz CT molecular complexity index is 381. The van der Waals surface area contributed by atoms with Crippen LogP contribution in [0.1, 0.15) is 6.92 Å². The zero-order valence-electron chi connectivity index (χ0n) is 9.27. The Hall–Kier alpha value is -0.820. The largest absolute Gasteiger partial charge is 0.338 e. The number of carbonyl (C=O) groups is 1. The Kier molecular flexibility index (Phi) is 3.07.